The van der Waals surface area contributed by atoms with E-state index in [0.29, 0.717) is 11.4 Å². The van der Waals surface area contributed by atoms with Gasteiger partial charge in [0.15, 0.2) is 0 Å². The monoisotopic (exact) mass is 320 g/mol. The minimum atomic E-state index is -3.36. The number of benzene rings is 1. The lowest BCUT2D eigenvalue weighted by Crippen LogP contribution is -2.27. The summed E-state index contributed by atoms with van der Waals surface area (Å²) in [6, 6.07) is 6.60. The lowest BCUT2D eigenvalue weighted by molar-refractivity contribution is 0.400. The van der Waals surface area contributed by atoms with Crippen LogP contribution in [-0.4, -0.2) is 40.5 Å². The maximum atomic E-state index is 11.8. The van der Waals surface area contributed by atoms with Crippen molar-refractivity contribution in [2.24, 2.45) is 0 Å². The van der Waals surface area contributed by atoms with Crippen LogP contribution in [0.5, 0.6) is 0 Å². The van der Waals surface area contributed by atoms with Gasteiger partial charge in [-0.2, -0.15) is 0 Å². The Kier molecular flexibility index (Phi) is 5.58. The molecule has 1 rings (SSSR count). The number of sulfonamides is 1. The molecule has 0 atom stereocenters. The van der Waals surface area contributed by atoms with Gasteiger partial charge in [0.2, 0.25) is 10.0 Å². The molecule has 6 heteroatoms. The molecular weight excluding hydrogens is 304 g/mol. The van der Waals surface area contributed by atoms with Crippen LogP contribution in [0.3, 0.4) is 0 Å². The van der Waals surface area contributed by atoms with Gasteiger partial charge in [0.05, 0.1) is 4.90 Å². The van der Waals surface area contributed by atoms with Gasteiger partial charge >= 0.3 is 0 Å². The molecule has 96 valence electrons. The standard InChI is InChI=1S/C11H17BrN2O2S/c1-14(2)9-3-8-13-17(15,16)11-6-4-10(12)5-7-11/h4-7,13H,3,8-9H2,1-2H3. The Balaban J connectivity index is 2.54. The SMILES string of the molecule is CN(C)CCCNS(=O)(=O)c1ccc(Br)cc1. The summed E-state index contributed by atoms with van der Waals surface area (Å²) in [7, 11) is 0.559. The van der Waals surface area contributed by atoms with Crippen molar-refractivity contribution in [3.63, 3.8) is 0 Å². The molecule has 1 N–H and O–H groups in total. The number of halogens is 1. The summed E-state index contributed by atoms with van der Waals surface area (Å²) in [5.74, 6) is 0. The van der Waals surface area contributed by atoms with Crippen molar-refractivity contribution in [1.29, 1.82) is 0 Å². The summed E-state index contributed by atoms with van der Waals surface area (Å²) >= 11 is 3.27. The molecule has 0 heterocycles. The molecular formula is C11H17BrN2O2S. The van der Waals surface area contributed by atoms with Crippen molar-refractivity contribution in [3.8, 4) is 0 Å². The molecule has 0 unspecified atom stereocenters. The molecule has 17 heavy (non-hydrogen) atoms. The van der Waals surface area contributed by atoms with E-state index in [1.54, 1.807) is 24.3 Å². The molecule has 1 aromatic rings. The quantitative estimate of drug-likeness (QED) is 0.811. The fourth-order valence-electron chi connectivity index (χ4n) is 1.30. The van der Waals surface area contributed by atoms with Crippen molar-refractivity contribution >= 4 is 26.0 Å². The molecule has 0 aliphatic carbocycles. The van der Waals surface area contributed by atoms with E-state index in [1.807, 2.05) is 19.0 Å². The van der Waals surface area contributed by atoms with E-state index in [-0.39, 0.29) is 0 Å². The molecule has 0 fully saturated rings. The molecule has 4 nitrogen and oxygen atoms in total. The predicted molar refractivity (Wildman–Crippen MR) is 72.5 cm³/mol. The van der Waals surface area contributed by atoms with Crippen LogP contribution < -0.4 is 4.72 Å². The normalized spacial score (nSPS) is 12.0. The van der Waals surface area contributed by atoms with Gasteiger partial charge in [0.1, 0.15) is 0 Å². The third-order valence-electron chi connectivity index (χ3n) is 2.20. The molecule has 0 aromatic heterocycles. The molecule has 0 amide bonds. The van der Waals surface area contributed by atoms with Crippen LogP contribution in [0.25, 0.3) is 0 Å². The van der Waals surface area contributed by atoms with Crippen molar-refractivity contribution in [2.45, 2.75) is 11.3 Å². The lowest BCUT2D eigenvalue weighted by atomic mass is 10.4. The Hall–Kier alpha value is -0.430. The van der Waals surface area contributed by atoms with Gasteiger partial charge < -0.3 is 4.90 Å². The van der Waals surface area contributed by atoms with E-state index in [1.165, 1.54) is 0 Å². The second-order valence-electron chi connectivity index (χ2n) is 4.01. The summed E-state index contributed by atoms with van der Waals surface area (Å²) in [5, 5.41) is 0. The lowest BCUT2D eigenvalue weighted by Gasteiger charge is -2.10. The first-order valence-corrected chi connectivity index (χ1v) is 7.59. The third kappa shape index (κ3) is 5.16. The predicted octanol–water partition coefficient (Wildman–Crippen LogP) is 1.68. The Bertz CT molecular complexity index is 443. The summed E-state index contributed by atoms with van der Waals surface area (Å²) in [5.41, 5.74) is 0. The molecule has 0 saturated heterocycles. The van der Waals surface area contributed by atoms with Gasteiger partial charge in [0, 0.05) is 11.0 Å². The summed E-state index contributed by atoms with van der Waals surface area (Å²) in [4.78, 5) is 2.32. The zero-order chi connectivity index (χ0) is 12.9. The Morgan fingerprint density at radius 3 is 2.35 bits per heavy atom. The van der Waals surface area contributed by atoms with E-state index >= 15 is 0 Å². The molecule has 0 bridgehead atoms. The smallest absolute Gasteiger partial charge is 0.240 e. The Morgan fingerprint density at radius 1 is 1.24 bits per heavy atom. The van der Waals surface area contributed by atoms with Crippen molar-refractivity contribution in [1.82, 2.24) is 9.62 Å². The second kappa shape index (κ2) is 6.49. The summed E-state index contributed by atoms with van der Waals surface area (Å²) in [6.45, 7) is 1.32. The van der Waals surface area contributed by atoms with Crippen LogP contribution in [-0.2, 0) is 10.0 Å². The van der Waals surface area contributed by atoms with Gasteiger partial charge in [0.25, 0.3) is 0 Å². The van der Waals surface area contributed by atoms with Gasteiger partial charge in [-0.3, -0.25) is 0 Å². The maximum Gasteiger partial charge on any atom is 0.240 e. The Labute approximate surface area is 111 Å². The maximum absolute atomic E-state index is 11.8. The highest BCUT2D eigenvalue weighted by Gasteiger charge is 2.12. The summed E-state index contributed by atoms with van der Waals surface area (Å²) < 4.78 is 27.1. The average molecular weight is 321 g/mol. The van der Waals surface area contributed by atoms with Gasteiger partial charge in [-0.25, -0.2) is 13.1 Å². The fourth-order valence-corrected chi connectivity index (χ4v) is 2.64. The molecule has 0 radical (unpaired) electrons. The zero-order valence-corrected chi connectivity index (χ0v) is 12.4. The van der Waals surface area contributed by atoms with E-state index in [4.69, 9.17) is 0 Å². The van der Waals surface area contributed by atoms with Gasteiger partial charge in [-0.1, -0.05) is 15.9 Å². The first-order chi connectivity index (χ1) is 7.92. The average Bonchev–Trinajstić information content (AvgIpc) is 2.25. The first-order valence-electron chi connectivity index (χ1n) is 5.32. The van der Waals surface area contributed by atoms with Crippen molar-refractivity contribution in [3.05, 3.63) is 28.7 Å². The molecule has 1 aromatic carbocycles. The number of nitrogens with zero attached hydrogens (tertiary/aromatic N) is 1. The fraction of sp³-hybridized carbons (Fsp3) is 0.455. The largest absolute Gasteiger partial charge is 0.309 e. The number of hydrogen-bond donors (Lipinski definition) is 1. The van der Waals surface area contributed by atoms with Crippen molar-refractivity contribution < 1.29 is 8.42 Å². The molecule has 0 spiro atoms. The Morgan fingerprint density at radius 2 is 1.82 bits per heavy atom. The van der Waals surface area contributed by atoms with Crippen LogP contribution in [0, 0.1) is 0 Å². The van der Waals surface area contributed by atoms with E-state index in [0.717, 1.165) is 17.4 Å². The highest BCUT2D eigenvalue weighted by atomic mass is 79.9. The molecule has 0 aliphatic rings. The van der Waals surface area contributed by atoms with Crippen LogP contribution in [0.1, 0.15) is 6.42 Å². The summed E-state index contributed by atoms with van der Waals surface area (Å²) in [6.07, 6.45) is 0.794. The minimum Gasteiger partial charge on any atom is -0.309 e. The van der Waals surface area contributed by atoms with Crippen molar-refractivity contribution in [2.75, 3.05) is 27.2 Å². The van der Waals surface area contributed by atoms with Crippen LogP contribution in [0.4, 0.5) is 0 Å². The minimum absolute atomic E-state index is 0.297. The molecule has 0 saturated carbocycles. The van der Waals surface area contributed by atoms with Gasteiger partial charge in [-0.05, 0) is 51.3 Å². The van der Waals surface area contributed by atoms with Crippen LogP contribution in [0.15, 0.2) is 33.6 Å². The number of nitrogens with one attached hydrogen (secondary N) is 1. The second-order valence-corrected chi connectivity index (χ2v) is 6.69. The first kappa shape index (κ1) is 14.6. The highest BCUT2D eigenvalue weighted by molar-refractivity contribution is 9.10. The molecule has 0 aliphatic heterocycles. The number of hydrogen-bond acceptors (Lipinski definition) is 3. The van der Waals surface area contributed by atoms with Crippen LogP contribution >= 0.6 is 15.9 Å². The van der Waals surface area contributed by atoms with Crippen LogP contribution in [0.2, 0.25) is 0 Å². The highest BCUT2D eigenvalue weighted by Crippen LogP contribution is 2.14. The topological polar surface area (TPSA) is 49.4 Å². The zero-order valence-electron chi connectivity index (χ0n) is 9.98. The van der Waals surface area contributed by atoms with E-state index in [2.05, 4.69) is 20.7 Å². The third-order valence-corrected chi connectivity index (χ3v) is 4.20. The van der Waals surface area contributed by atoms with E-state index in [9.17, 15) is 8.42 Å². The van der Waals surface area contributed by atoms with E-state index < -0.39 is 10.0 Å². The number of rotatable bonds is 6. The van der Waals surface area contributed by atoms with Gasteiger partial charge in [-0.15, -0.1) is 0 Å².